The van der Waals surface area contributed by atoms with Gasteiger partial charge in [0, 0.05) is 35.2 Å². The molecular formula is C14H14FN3OS. The zero-order chi connectivity index (χ0) is 14.4. The van der Waals surface area contributed by atoms with E-state index >= 15 is 0 Å². The highest BCUT2D eigenvalue weighted by molar-refractivity contribution is 7.99. The summed E-state index contributed by atoms with van der Waals surface area (Å²) < 4.78 is 13.4. The number of hydrogen-bond acceptors (Lipinski definition) is 4. The number of amides is 1. The number of carbonyl (C=O) groups is 1. The second-order valence-corrected chi connectivity index (χ2v) is 5.24. The molecule has 0 aliphatic rings. The number of benzene rings is 1. The van der Waals surface area contributed by atoms with Crippen molar-refractivity contribution in [2.45, 2.75) is 11.3 Å². The molecule has 0 atom stereocenters. The molecule has 20 heavy (non-hydrogen) atoms. The smallest absolute Gasteiger partial charge is 0.225 e. The van der Waals surface area contributed by atoms with E-state index in [0.29, 0.717) is 17.9 Å². The van der Waals surface area contributed by atoms with Gasteiger partial charge in [-0.3, -0.25) is 9.78 Å². The van der Waals surface area contributed by atoms with E-state index in [4.69, 9.17) is 5.73 Å². The van der Waals surface area contributed by atoms with Crippen LogP contribution in [0.5, 0.6) is 0 Å². The maximum atomic E-state index is 13.4. The number of nitrogens with two attached hydrogens (primary N) is 1. The van der Waals surface area contributed by atoms with Crippen molar-refractivity contribution in [3.8, 4) is 0 Å². The molecule has 6 heteroatoms. The molecule has 0 unspecified atom stereocenters. The average Bonchev–Trinajstić information content (AvgIpc) is 2.44. The number of rotatable bonds is 5. The number of thioether (sulfide) groups is 1. The molecule has 1 heterocycles. The predicted octanol–water partition coefficient (Wildman–Crippen LogP) is 2.92. The Morgan fingerprint density at radius 1 is 1.30 bits per heavy atom. The first kappa shape index (κ1) is 14.3. The molecule has 0 spiro atoms. The zero-order valence-electron chi connectivity index (χ0n) is 10.7. The van der Waals surface area contributed by atoms with Crippen LogP contribution >= 0.6 is 11.8 Å². The van der Waals surface area contributed by atoms with E-state index in [-0.39, 0.29) is 11.6 Å². The lowest BCUT2D eigenvalue weighted by molar-refractivity contribution is -0.115. The second-order valence-electron chi connectivity index (χ2n) is 4.07. The summed E-state index contributed by atoms with van der Waals surface area (Å²) in [6, 6.07) is 7.84. The quantitative estimate of drug-likeness (QED) is 0.656. The highest BCUT2D eigenvalue weighted by atomic mass is 32.2. The number of halogens is 1. The molecule has 2 rings (SSSR count). The van der Waals surface area contributed by atoms with Gasteiger partial charge in [0.1, 0.15) is 5.82 Å². The van der Waals surface area contributed by atoms with Gasteiger partial charge in [-0.05, 0) is 30.3 Å². The summed E-state index contributed by atoms with van der Waals surface area (Å²) in [6.45, 7) is 0. The SMILES string of the molecule is Nc1ccc(F)c(NC(=O)CCSc2ccncc2)c1. The number of anilines is 2. The molecule has 0 aliphatic carbocycles. The largest absolute Gasteiger partial charge is 0.399 e. The average molecular weight is 291 g/mol. The van der Waals surface area contributed by atoms with E-state index in [9.17, 15) is 9.18 Å². The molecule has 1 aromatic carbocycles. The predicted molar refractivity (Wildman–Crippen MR) is 79.0 cm³/mol. The van der Waals surface area contributed by atoms with E-state index in [0.717, 1.165) is 4.90 Å². The van der Waals surface area contributed by atoms with Crippen LogP contribution in [0.25, 0.3) is 0 Å². The van der Waals surface area contributed by atoms with Crippen molar-refractivity contribution in [2.24, 2.45) is 0 Å². The fourth-order valence-corrected chi connectivity index (χ4v) is 2.38. The van der Waals surface area contributed by atoms with Crippen LogP contribution in [0.15, 0.2) is 47.6 Å². The van der Waals surface area contributed by atoms with E-state index in [1.165, 1.54) is 18.2 Å². The minimum Gasteiger partial charge on any atom is -0.399 e. The molecule has 0 saturated carbocycles. The highest BCUT2D eigenvalue weighted by Crippen LogP contribution is 2.19. The number of pyridine rings is 1. The number of carbonyl (C=O) groups excluding carboxylic acids is 1. The molecule has 0 radical (unpaired) electrons. The summed E-state index contributed by atoms with van der Waals surface area (Å²) >= 11 is 1.55. The summed E-state index contributed by atoms with van der Waals surface area (Å²) in [5, 5.41) is 2.52. The standard InChI is InChI=1S/C14H14FN3OS/c15-12-2-1-10(16)9-13(12)18-14(19)5-8-20-11-3-6-17-7-4-11/h1-4,6-7,9H,5,8,16H2,(H,18,19). The van der Waals surface area contributed by atoms with Crippen LogP contribution in [0.2, 0.25) is 0 Å². The molecule has 2 aromatic rings. The minimum atomic E-state index is -0.491. The van der Waals surface area contributed by atoms with Gasteiger partial charge in [0.2, 0.25) is 5.91 Å². The van der Waals surface area contributed by atoms with E-state index < -0.39 is 5.82 Å². The van der Waals surface area contributed by atoms with Crippen molar-refractivity contribution in [1.29, 1.82) is 0 Å². The molecule has 0 aliphatic heterocycles. The van der Waals surface area contributed by atoms with Crippen LogP contribution in [0, 0.1) is 5.82 Å². The van der Waals surface area contributed by atoms with Crippen LogP contribution in [-0.2, 0) is 4.79 Å². The maximum absolute atomic E-state index is 13.4. The van der Waals surface area contributed by atoms with Gasteiger partial charge in [0.15, 0.2) is 0 Å². The van der Waals surface area contributed by atoms with Gasteiger partial charge in [-0.1, -0.05) is 0 Å². The summed E-state index contributed by atoms with van der Waals surface area (Å²) in [6.07, 6.45) is 3.69. The lowest BCUT2D eigenvalue weighted by atomic mass is 10.2. The first-order valence-corrected chi connectivity index (χ1v) is 7.01. The Hall–Kier alpha value is -2.08. The Kier molecular flexibility index (Phi) is 4.95. The summed E-state index contributed by atoms with van der Waals surface area (Å²) in [7, 11) is 0. The van der Waals surface area contributed by atoms with Crippen molar-refractivity contribution in [2.75, 3.05) is 16.8 Å². The van der Waals surface area contributed by atoms with Gasteiger partial charge < -0.3 is 11.1 Å². The van der Waals surface area contributed by atoms with Gasteiger partial charge >= 0.3 is 0 Å². The van der Waals surface area contributed by atoms with Crippen LogP contribution in [0.4, 0.5) is 15.8 Å². The van der Waals surface area contributed by atoms with Gasteiger partial charge in [0.25, 0.3) is 0 Å². The van der Waals surface area contributed by atoms with E-state index in [2.05, 4.69) is 10.3 Å². The zero-order valence-corrected chi connectivity index (χ0v) is 11.5. The maximum Gasteiger partial charge on any atom is 0.225 e. The van der Waals surface area contributed by atoms with Crippen molar-refractivity contribution in [3.05, 3.63) is 48.5 Å². The van der Waals surface area contributed by atoms with Crippen LogP contribution in [-0.4, -0.2) is 16.6 Å². The van der Waals surface area contributed by atoms with Crippen molar-refractivity contribution >= 4 is 29.0 Å². The molecular weight excluding hydrogens is 277 g/mol. The summed E-state index contributed by atoms with van der Waals surface area (Å²) in [5.74, 6) is -0.120. The Bertz CT molecular complexity index is 592. The Morgan fingerprint density at radius 2 is 2.05 bits per heavy atom. The molecule has 104 valence electrons. The van der Waals surface area contributed by atoms with Crippen molar-refractivity contribution in [3.63, 3.8) is 0 Å². The van der Waals surface area contributed by atoms with Crippen LogP contribution < -0.4 is 11.1 Å². The number of nitrogens with zero attached hydrogens (tertiary/aromatic N) is 1. The van der Waals surface area contributed by atoms with Gasteiger partial charge in [-0.15, -0.1) is 11.8 Å². The van der Waals surface area contributed by atoms with Crippen LogP contribution in [0.3, 0.4) is 0 Å². The van der Waals surface area contributed by atoms with Crippen molar-refractivity contribution in [1.82, 2.24) is 4.98 Å². The third-order valence-corrected chi connectivity index (χ3v) is 3.53. The number of nitrogens with one attached hydrogen (secondary N) is 1. The monoisotopic (exact) mass is 291 g/mol. The lowest BCUT2D eigenvalue weighted by Gasteiger charge is -2.07. The normalized spacial score (nSPS) is 10.2. The summed E-state index contributed by atoms with van der Waals surface area (Å²) in [4.78, 5) is 16.7. The second kappa shape index (κ2) is 6.91. The lowest BCUT2D eigenvalue weighted by Crippen LogP contribution is -2.13. The molecule has 1 aromatic heterocycles. The Labute approximate surface area is 120 Å². The number of hydrogen-bond donors (Lipinski definition) is 2. The van der Waals surface area contributed by atoms with Gasteiger partial charge in [-0.2, -0.15) is 0 Å². The van der Waals surface area contributed by atoms with E-state index in [1.54, 1.807) is 24.2 Å². The van der Waals surface area contributed by atoms with Crippen molar-refractivity contribution < 1.29 is 9.18 Å². The fraction of sp³-hybridized carbons (Fsp3) is 0.143. The molecule has 0 fully saturated rings. The van der Waals surface area contributed by atoms with Crippen LogP contribution in [0.1, 0.15) is 6.42 Å². The molecule has 0 saturated heterocycles. The molecule has 0 bridgehead atoms. The third kappa shape index (κ3) is 4.24. The molecule has 3 N–H and O–H groups in total. The minimum absolute atomic E-state index is 0.115. The first-order valence-electron chi connectivity index (χ1n) is 6.03. The fourth-order valence-electron chi connectivity index (χ4n) is 1.55. The van der Waals surface area contributed by atoms with Gasteiger partial charge in [0.05, 0.1) is 5.69 Å². The Morgan fingerprint density at radius 3 is 2.80 bits per heavy atom. The first-order chi connectivity index (χ1) is 9.65. The van der Waals surface area contributed by atoms with E-state index in [1.807, 2.05) is 12.1 Å². The topological polar surface area (TPSA) is 68.0 Å². The van der Waals surface area contributed by atoms with Gasteiger partial charge in [-0.25, -0.2) is 4.39 Å². The highest BCUT2D eigenvalue weighted by Gasteiger charge is 2.07. The summed E-state index contributed by atoms with van der Waals surface area (Å²) in [5.41, 5.74) is 6.08. The number of aromatic nitrogens is 1. The Balaban J connectivity index is 1.82. The molecule has 1 amide bonds. The number of nitrogen functional groups attached to an aromatic ring is 1. The third-order valence-electron chi connectivity index (χ3n) is 2.51. The molecule has 4 nitrogen and oxygen atoms in total.